The Kier molecular flexibility index (Phi) is 3.86. The van der Waals surface area contributed by atoms with E-state index in [0.29, 0.717) is 22.7 Å². The summed E-state index contributed by atoms with van der Waals surface area (Å²) >= 11 is 0.713. The van der Waals surface area contributed by atoms with Crippen molar-refractivity contribution in [2.45, 2.75) is 0 Å². The van der Waals surface area contributed by atoms with E-state index in [9.17, 15) is 19.8 Å². The lowest BCUT2D eigenvalue weighted by atomic mass is 10.0. The molecule has 0 unspecified atom stereocenters. The molecule has 3 aromatic heterocycles. The topological polar surface area (TPSA) is 100 Å². The van der Waals surface area contributed by atoms with Gasteiger partial charge in [0.15, 0.2) is 0 Å². The number of carbonyl (C=O) groups is 2. The van der Waals surface area contributed by atoms with E-state index in [-0.39, 0.29) is 20.9 Å². The van der Waals surface area contributed by atoms with E-state index in [4.69, 9.17) is 0 Å². The summed E-state index contributed by atoms with van der Waals surface area (Å²) in [4.78, 5) is 31.4. The van der Waals surface area contributed by atoms with Crippen LogP contribution in [0.5, 0.6) is 0 Å². The first-order valence-electron chi connectivity index (χ1n) is 6.55. The molecule has 7 heteroatoms. The second-order valence-electron chi connectivity index (χ2n) is 4.55. The van der Waals surface area contributed by atoms with Crippen molar-refractivity contribution in [3.05, 3.63) is 58.5 Å². The average Bonchev–Trinajstić information content (AvgIpc) is 2.97. The quantitative estimate of drug-likeness (QED) is 0.763. The van der Waals surface area contributed by atoms with Crippen molar-refractivity contribution in [1.82, 2.24) is 9.97 Å². The Bertz CT molecular complexity index is 804. The molecule has 0 saturated carbocycles. The van der Waals surface area contributed by atoms with Crippen LogP contribution in [0.3, 0.4) is 0 Å². The lowest BCUT2D eigenvalue weighted by molar-refractivity contribution is 0.0694. The number of hydrogen-bond acceptors (Lipinski definition) is 5. The molecule has 0 aliphatic carbocycles. The van der Waals surface area contributed by atoms with Gasteiger partial charge in [-0.25, -0.2) is 9.59 Å². The predicted molar refractivity (Wildman–Crippen MR) is 84.7 cm³/mol. The van der Waals surface area contributed by atoms with Crippen LogP contribution >= 0.6 is 11.3 Å². The number of rotatable bonds is 4. The van der Waals surface area contributed by atoms with Crippen molar-refractivity contribution in [3.8, 4) is 22.5 Å². The van der Waals surface area contributed by atoms with Gasteiger partial charge in [-0.15, -0.1) is 11.3 Å². The summed E-state index contributed by atoms with van der Waals surface area (Å²) in [6, 6.07) is 10.1. The van der Waals surface area contributed by atoms with Gasteiger partial charge in [-0.1, -0.05) is 12.1 Å². The van der Waals surface area contributed by atoms with E-state index < -0.39 is 11.9 Å². The van der Waals surface area contributed by atoms with Crippen molar-refractivity contribution in [1.29, 1.82) is 0 Å². The van der Waals surface area contributed by atoms with E-state index in [1.54, 1.807) is 36.4 Å². The molecule has 3 rings (SSSR count). The summed E-state index contributed by atoms with van der Waals surface area (Å²) in [5, 5.41) is 18.9. The van der Waals surface area contributed by atoms with Gasteiger partial charge >= 0.3 is 11.9 Å². The molecule has 0 aliphatic heterocycles. The molecule has 6 nitrogen and oxygen atoms in total. The number of aromatic nitrogens is 2. The van der Waals surface area contributed by atoms with E-state index in [0.717, 1.165) is 0 Å². The van der Waals surface area contributed by atoms with Gasteiger partial charge in [-0.05, 0) is 24.3 Å². The van der Waals surface area contributed by atoms with Gasteiger partial charge in [0, 0.05) is 23.5 Å². The molecular formula is C16H10N2O4S. The fourth-order valence-electron chi connectivity index (χ4n) is 2.24. The highest BCUT2D eigenvalue weighted by Crippen LogP contribution is 2.41. The fourth-order valence-corrected chi connectivity index (χ4v) is 3.24. The standard InChI is InChI=1S/C16H10N2O4S/c19-15(20)13-11(9-5-1-3-7-17-9)12(14(23-13)16(21)22)10-6-2-4-8-18-10/h1-8H,(H,19,20)(H,21,22). The van der Waals surface area contributed by atoms with Crippen LogP contribution in [0.1, 0.15) is 19.3 Å². The molecule has 0 amide bonds. The Labute approximate surface area is 134 Å². The number of pyridine rings is 2. The van der Waals surface area contributed by atoms with E-state index in [2.05, 4.69) is 9.97 Å². The molecule has 3 aromatic rings. The van der Waals surface area contributed by atoms with Crippen LogP contribution in [0.2, 0.25) is 0 Å². The van der Waals surface area contributed by atoms with Crippen LogP contribution in [0.15, 0.2) is 48.8 Å². The van der Waals surface area contributed by atoms with Crippen LogP contribution in [0.25, 0.3) is 22.5 Å². The first-order valence-corrected chi connectivity index (χ1v) is 7.37. The highest BCUT2D eigenvalue weighted by Gasteiger charge is 2.29. The number of aromatic carboxylic acids is 2. The van der Waals surface area contributed by atoms with Crippen molar-refractivity contribution >= 4 is 23.3 Å². The Morgan fingerprint density at radius 2 is 1.22 bits per heavy atom. The van der Waals surface area contributed by atoms with Crippen LogP contribution in [0.4, 0.5) is 0 Å². The lowest BCUT2D eigenvalue weighted by Crippen LogP contribution is -1.98. The molecule has 23 heavy (non-hydrogen) atoms. The van der Waals surface area contributed by atoms with Crippen molar-refractivity contribution in [2.24, 2.45) is 0 Å². The van der Waals surface area contributed by atoms with Crippen molar-refractivity contribution < 1.29 is 19.8 Å². The Morgan fingerprint density at radius 3 is 1.52 bits per heavy atom. The van der Waals surface area contributed by atoms with Gasteiger partial charge in [-0.2, -0.15) is 0 Å². The smallest absolute Gasteiger partial charge is 0.346 e. The van der Waals surface area contributed by atoms with Crippen LogP contribution < -0.4 is 0 Å². The first-order chi connectivity index (χ1) is 11.1. The largest absolute Gasteiger partial charge is 0.477 e. The minimum absolute atomic E-state index is 0.0678. The molecule has 0 aromatic carbocycles. The first kappa shape index (κ1) is 14.9. The van der Waals surface area contributed by atoms with Crippen LogP contribution in [-0.2, 0) is 0 Å². The molecular weight excluding hydrogens is 316 g/mol. The number of thiophene rings is 1. The second kappa shape index (κ2) is 5.98. The molecule has 0 atom stereocenters. The maximum absolute atomic E-state index is 11.6. The molecule has 3 heterocycles. The van der Waals surface area contributed by atoms with E-state index in [1.165, 1.54) is 12.4 Å². The average molecular weight is 326 g/mol. The number of hydrogen-bond donors (Lipinski definition) is 2. The fraction of sp³-hybridized carbons (Fsp3) is 0. The van der Waals surface area contributed by atoms with Gasteiger partial charge in [0.05, 0.1) is 11.4 Å². The Morgan fingerprint density at radius 1 is 0.783 bits per heavy atom. The molecule has 0 bridgehead atoms. The summed E-state index contributed by atoms with van der Waals surface area (Å²) in [5.74, 6) is -2.39. The van der Waals surface area contributed by atoms with E-state index in [1.807, 2.05) is 0 Å². The zero-order chi connectivity index (χ0) is 16.4. The molecule has 0 fully saturated rings. The van der Waals surface area contributed by atoms with Crippen molar-refractivity contribution in [2.75, 3.05) is 0 Å². The summed E-state index contributed by atoms with van der Waals surface area (Å²) in [6.07, 6.45) is 3.06. The maximum atomic E-state index is 11.6. The summed E-state index contributed by atoms with van der Waals surface area (Å²) in [5.41, 5.74) is 1.35. The third-order valence-corrected chi connectivity index (χ3v) is 4.30. The zero-order valence-electron chi connectivity index (χ0n) is 11.6. The molecule has 0 aliphatic rings. The highest BCUT2D eigenvalue weighted by atomic mass is 32.1. The second-order valence-corrected chi connectivity index (χ2v) is 5.57. The predicted octanol–water partition coefficient (Wildman–Crippen LogP) is 3.27. The van der Waals surface area contributed by atoms with Gasteiger partial charge in [-0.3, -0.25) is 9.97 Å². The van der Waals surface area contributed by atoms with Gasteiger partial charge in [0.25, 0.3) is 0 Å². The molecule has 0 radical (unpaired) electrons. The van der Waals surface area contributed by atoms with Gasteiger partial charge in [0.2, 0.25) is 0 Å². The third-order valence-electron chi connectivity index (χ3n) is 3.14. The molecule has 114 valence electrons. The SMILES string of the molecule is O=C(O)c1sc(C(=O)O)c(-c2ccccn2)c1-c1ccccn1. The van der Waals surface area contributed by atoms with Crippen molar-refractivity contribution in [3.63, 3.8) is 0 Å². The zero-order valence-corrected chi connectivity index (χ0v) is 12.4. The third kappa shape index (κ3) is 2.69. The van der Waals surface area contributed by atoms with E-state index >= 15 is 0 Å². The number of carboxylic acids is 2. The number of nitrogens with zero attached hydrogens (tertiary/aromatic N) is 2. The normalized spacial score (nSPS) is 10.4. The minimum atomic E-state index is -1.19. The Hall–Kier alpha value is -3.06. The highest BCUT2D eigenvalue weighted by molar-refractivity contribution is 7.17. The molecule has 0 spiro atoms. The Balaban J connectivity index is 2.40. The molecule has 2 N–H and O–H groups in total. The minimum Gasteiger partial charge on any atom is -0.477 e. The molecule has 0 saturated heterocycles. The lowest BCUT2D eigenvalue weighted by Gasteiger charge is -2.06. The van der Waals surface area contributed by atoms with Gasteiger partial charge < -0.3 is 10.2 Å². The number of carboxylic acid groups (broad SMARTS) is 2. The van der Waals surface area contributed by atoms with Gasteiger partial charge in [0.1, 0.15) is 9.75 Å². The summed E-state index contributed by atoms with van der Waals surface area (Å²) in [7, 11) is 0. The monoisotopic (exact) mass is 326 g/mol. The van der Waals surface area contributed by atoms with Crippen LogP contribution in [-0.4, -0.2) is 32.1 Å². The summed E-state index contributed by atoms with van der Waals surface area (Å²) < 4.78 is 0. The summed E-state index contributed by atoms with van der Waals surface area (Å²) in [6.45, 7) is 0. The maximum Gasteiger partial charge on any atom is 0.346 e. The van der Waals surface area contributed by atoms with Crippen LogP contribution in [0, 0.1) is 0 Å².